The molecule has 6 nitrogen and oxygen atoms in total. The summed E-state index contributed by atoms with van der Waals surface area (Å²) in [4.78, 5) is 30.1. The van der Waals surface area contributed by atoms with Crippen LogP contribution < -0.4 is 9.64 Å². The third-order valence-corrected chi connectivity index (χ3v) is 6.78. The molecule has 0 saturated heterocycles. The number of thiazole rings is 1. The lowest BCUT2D eigenvalue weighted by Gasteiger charge is -2.33. The van der Waals surface area contributed by atoms with Crippen LogP contribution in [0.1, 0.15) is 11.4 Å². The van der Waals surface area contributed by atoms with Gasteiger partial charge in [-0.2, -0.15) is 0 Å². The second kappa shape index (κ2) is 7.80. The van der Waals surface area contributed by atoms with Crippen LogP contribution in [0.4, 0.5) is 18.9 Å². The molecule has 1 amide bonds. The van der Waals surface area contributed by atoms with Crippen molar-refractivity contribution in [1.82, 2.24) is 4.98 Å². The molecule has 1 unspecified atom stereocenters. The van der Waals surface area contributed by atoms with E-state index in [0.29, 0.717) is 22.4 Å². The van der Waals surface area contributed by atoms with Gasteiger partial charge in [-0.1, -0.05) is 0 Å². The first kappa shape index (κ1) is 20.5. The molecule has 0 spiro atoms. The van der Waals surface area contributed by atoms with Gasteiger partial charge in [-0.15, -0.1) is 23.1 Å². The summed E-state index contributed by atoms with van der Waals surface area (Å²) in [5, 5.41) is 8.44. The number of carboxylic acids is 1. The van der Waals surface area contributed by atoms with Gasteiger partial charge in [0.1, 0.15) is 22.1 Å². The average Bonchev–Trinajstić information content (AvgIpc) is 3.13. The van der Waals surface area contributed by atoms with Gasteiger partial charge in [-0.25, -0.2) is 18.2 Å². The molecule has 1 aliphatic rings. The van der Waals surface area contributed by atoms with E-state index in [9.17, 15) is 22.8 Å². The molecule has 0 aliphatic carbocycles. The second-order valence-corrected chi connectivity index (χ2v) is 8.73. The zero-order valence-electron chi connectivity index (χ0n) is 15.3. The molecule has 11 heteroatoms. The van der Waals surface area contributed by atoms with Gasteiger partial charge in [0.15, 0.2) is 11.6 Å². The Kier molecular flexibility index (Phi) is 5.33. The fraction of sp³-hybridized carbons (Fsp3) is 0.211. The van der Waals surface area contributed by atoms with Crippen molar-refractivity contribution in [3.8, 4) is 5.75 Å². The number of halogens is 3. The van der Waals surface area contributed by atoms with Crippen molar-refractivity contribution < 1.29 is 32.6 Å². The van der Waals surface area contributed by atoms with Gasteiger partial charge in [-0.05, 0) is 12.1 Å². The maximum Gasteiger partial charge on any atom is 0.305 e. The molecule has 2 aromatic carbocycles. The van der Waals surface area contributed by atoms with Crippen LogP contribution >= 0.6 is 23.1 Å². The van der Waals surface area contributed by atoms with Crippen LogP contribution in [0.3, 0.4) is 0 Å². The fourth-order valence-electron chi connectivity index (χ4n) is 3.11. The molecule has 1 atom stereocenters. The molecule has 3 aromatic rings. The molecular formula is C19H13F3N2O4S2. The topological polar surface area (TPSA) is 79.7 Å². The summed E-state index contributed by atoms with van der Waals surface area (Å²) >= 11 is 1.93. The first-order valence-electron chi connectivity index (χ1n) is 8.59. The summed E-state index contributed by atoms with van der Waals surface area (Å²) in [6, 6.07) is 5.46. The van der Waals surface area contributed by atoms with Crippen molar-refractivity contribution in [2.45, 2.75) is 23.1 Å². The Morgan fingerprint density at radius 2 is 2.03 bits per heavy atom. The van der Waals surface area contributed by atoms with Gasteiger partial charge < -0.3 is 14.7 Å². The summed E-state index contributed by atoms with van der Waals surface area (Å²) < 4.78 is 46.6. The van der Waals surface area contributed by atoms with Crippen molar-refractivity contribution in [2.75, 3.05) is 12.0 Å². The predicted molar refractivity (Wildman–Crippen MR) is 106 cm³/mol. The van der Waals surface area contributed by atoms with Gasteiger partial charge in [0.05, 0.1) is 35.7 Å². The van der Waals surface area contributed by atoms with Crippen molar-refractivity contribution in [3.63, 3.8) is 0 Å². The SMILES string of the molecule is COc1ccc2c(c1)N(Cc1nc3c(F)c(F)cc(F)c3s1)C(=O)C(CC(=O)O)S2. The number of carbonyl (C=O) groups is 2. The molecule has 1 aromatic heterocycles. The smallest absolute Gasteiger partial charge is 0.305 e. The van der Waals surface area contributed by atoms with E-state index in [0.717, 1.165) is 23.1 Å². The van der Waals surface area contributed by atoms with Gasteiger partial charge >= 0.3 is 5.97 Å². The highest BCUT2D eigenvalue weighted by Gasteiger charge is 2.36. The van der Waals surface area contributed by atoms with E-state index in [2.05, 4.69) is 4.98 Å². The number of carbonyl (C=O) groups excluding carboxylic acids is 1. The van der Waals surface area contributed by atoms with E-state index >= 15 is 0 Å². The largest absolute Gasteiger partial charge is 0.497 e. The molecular weight excluding hydrogens is 441 g/mol. The normalized spacial score (nSPS) is 16.1. The lowest BCUT2D eigenvalue weighted by atomic mass is 10.2. The van der Waals surface area contributed by atoms with Crippen LogP contribution in [-0.2, 0) is 16.1 Å². The Bertz CT molecular complexity index is 1180. The van der Waals surface area contributed by atoms with Gasteiger partial charge in [0.2, 0.25) is 5.91 Å². The lowest BCUT2D eigenvalue weighted by Crippen LogP contribution is -2.41. The fourth-order valence-corrected chi connectivity index (χ4v) is 5.26. The number of methoxy groups -OCH3 is 1. The van der Waals surface area contributed by atoms with Crippen molar-refractivity contribution in [2.24, 2.45) is 0 Å². The molecule has 156 valence electrons. The number of thioether (sulfide) groups is 1. The monoisotopic (exact) mass is 454 g/mol. The van der Waals surface area contributed by atoms with Crippen LogP contribution in [0.5, 0.6) is 5.75 Å². The van der Waals surface area contributed by atoms with Gasteiger partial charge in [0, 0.05) is 17.0 Å². The predicted octanol–water partition coefficient (Wildman–Crippen LogP) is 4.20. The molecule has 0 saturated carbocycles. The minimum atomic E-state index is -1.35. The van der Waals surface area contributed by atoms with Crippen LogP contribution in [0.25, 0.3) is 10.2 Å². The van der Waals surface area contributed by atoms with E-state index in [4.69, 9.17) is 9.84 Å². The molecule has 0 radical (unpaired) electrons. The Morgan fingerprint density at radius 1 is 1.27 bits per heavy atom. The maximum atomic E-state index is 14.0. The Balaban J connectivity index is 1.77. The Labute approximate surface area is 176 Å². The van der Waals surface area contributed by atoms with Crippen molar-refractivity contribution in [1.29, 1.82) is 0 Å². The van der Waals surface area contributed by atoms with E-state index < -0.39 is 40.1 Å². The van der Waals surface area contributed by atoms with E-state index in [1.807, 2.05) is 0 Å². The third kappa shape index (κ3) is 3.58. The molecule has 1 N–H and O–H groups in total. The van der Waals surface area contributed by atoms with Crippen LogP contribution in [0, 0.1) is 17.5 Å². The van der Waals surface area contributed by atoms with E-state index in [1.165, 1.54) is 12.0 Å². The number of nitrogens with zero attached hydrogens (tertiary/aromatic N) is 2. The van der Waals surface area contributed by atoms with Crippen molar-refractivity contribution in [3.05, 3.63) is 46.7 Å². The zero-order chi connectivity index (χ0) is 21.6. The highest BCUT2D eigenvalue weighted by atomic mass is 32.2. The molecule has 2 heterocycles. The number of aliphatic carboxylic acids is 1. The minimum Gasteiger partial charge on any atom is -0.497 e. The molecule has 0 fully saturated rings. The number of hydrogen-bond acceptors (Lipinski definition) is 6. The Morgan fingerprint density at radius 3 is 2.73 bits per heavy atom. The number of amides is 1. The average molecular weight is 454 g/mol. The molecule has 0 bridgehead atoms. The lowest BCUT2D eigenvalue weighted by molar-refractivity contribution is -0.138. The number of anilines is 1. The number of hydrogen-bond donors (Lipinski definition) is 1. The Hall–Kier alpha value is -2.79. The summed E-state index contributed by atoms with van der Waals surface area (Å²) in [5.41, 5.74) is 0.0247. The summed E-state index contributed by atoms with van der Waals surface area (Å²) in [5.74, 6) is -4.68. The first-order chi connectivity index (χ1) is 14.3. The van der Waals surface area contributed by atoms with Gasteiger partial charge in [0.25, 0.3) is 0 Å². The van der Waals surface area contributed by atoms with E-state index in [-0.39, 0.29) is 22.7 Å². The first-order valence-corrected chi connectivity index (χ1v) is 10.3. The number of aromatic nitrogens is 1. The molecule has 30 heavy (non-hydrogen) atoms. The standard InChI is InChI=1S/C19H13F3N2O4S2/c1-28-8-2-3-12-11(4-8)24(19(27)13(29-12)6-15(25)26)7-14-23-17-16(22)9(20)5-10(21)18(17)30-14/h2-5,13H,6-7H2,1H3,(H,25,26). The summed E-state index contributed by atoms with van der Waals surface area (Å²) in [6.45, 7) is -0.157. The summed E-state index contributed by atoms with van der Waals surface area (Å²) in [6.07, 6.45) is -0.389. The second-order valence-electron chi connectivity index (χ2n) is 6.40. The molecule has 1 aliphatic heterocycles. The van der Waals surface area contributed by atoms with Gasteiger partial charge in [-0.3, -0.25) is 9.59 Å². The molecule has 4 rings (SSSR count). The van der Waals surface area contributed by atoms with Crippen molar-refractivity contribution >= 4 is 50.9 Å². The number of carboxylic acid groups (broad SMARTS) is 1. The van der Waals surface area contributed by atoms with E-state index in [1.54, 1.807) is 18.2 Å². The van der Waals surface area contributed by atoms with Crippen LogP contribution in [-0.4, -0.2) is 34.3 Å². The number of benzene rings is 2. The van der Waals surface area contributed by atoms with Crippen LogP contribution in [0.2, 0.25) is 0 Å². The number of rotatable bonds is 5. The minimum absolute atomic E-state index is 0.157. The summed E-state index contributed by atoms with van der Waals surface area (Å²) in [7, 11) is 1.46. The third-order valence-electron chi connectivity index (χ3n) is 4.48. The zero-order valence-corrected chi connectivity index (χ0v) is 17.0. The highest BCUT2D eigenvalue weighted by molar-refractivity contribution is 8.01. The quantitative estimate of drug-likeness (QED) is 0.582. The number of fused-ring (bicyclic) bond motifs is 2. The van der Waals surface area contributed by atoms with Crippen LogP contribution in [0.15, 0.2) is 29.2 Å². The number of ether oxygens (including phenoxy) is 1. The highest BCUT2D eigenvalue weighted by Crippen LogP contribution is 2.43. The maximum absolute atomic E-state index is 14.0.